The van der Waals surface area contributed by atoms with Crippen molar-refractivity contribution in [2.75, 3.05) is 7.11 Å². The third-order valence-corrected chi connectivity index (χ3v) is 3.75. The molecule has 0 amide bonds. The minimum absolute atomic E-state index is 0.124. The van der Waals surface area contributed by atoms with Crippen molar-refractivity contribution in [2.24, 2.45) is 0 Å². The van der Waals surface area contributed by atoms with E-state index in [9.17, 15) is 9.59 Å². The molecule has 0 bridgehead atoms. The third-order valence-electron chi connectivity index (χ3n) is 3.50. The van der Waals surface area contributed by atoms with E-state index >= 15 is 0 Å². The lowest BCUT2D eigenvalue weighted by Gasteiger charge is -2.09. The van der Waals surface area contributed by atoms with E-state index in [4.69, 9.17) is 20.8 Å². The van der Waals surface area contributed by atoms with Crippen LogP contribution in [0, 0.1) is 0 Å². The molecule has 0 fully saturated rings. The van der Waals surface area contributed by atoms with Crippen molar-refractivity contribution < 1.29 is 13.9 Å². The number of halogens is 1. The molecule has 0 aliphatic carbocycles. The molecular formula is C19H13ClO4. The van der Waals surface area contributed by atoms with Crippen LogP contribution in [0.2, 0.25) is 5.02 Å². The van der Waals surface area contributed by atoms with E-state index in [0.717, 1.165) is 0 Å². The molecule has 0 aliphatic rings. The van der Waals surface area contributed by atoms with Crippen molar-refractivity contribution in [2.45, 2.75) is 0 Å². The van der Waals surface area contributed by atoms with Gasteiger partial charge in [0, 0.05) is 22.2 Å². The molecule has 120 valence electrons. The van der Waals surface area contributed by atoms with Crippen LogP contribution in [0.25, 0.3) is 22.6 Å². The molecule has 4 nitrogen and oxygen atoms in total. The molecule has 1 aromatic heterocycles. The first-order chi connectivity index (χ1) is 11.6. The molecule has 3 rings (SSSR count). The van der Waals surface area contributed by atoms with Crippen molar-refractivity contribution in [3.63, 3.8) is 0 Å². The molecule has 1 heterocycles. The lowest BCUT2D eigenvalue weighted by atomic mass is 10.1. The molecule has 0 saturated carbocycles. The zero-order chi connectivity index (χ0) is 17.1. The fraction of sp³-hybridized carbons (Fsp3) is 0.0526. The number of hydrogen-bond acceptors (Lipinski definition) is 4. The Morgan fingerprint density at radius 1 is 1.00 bits per heavy atom. The topological polar surface area (TPSA) is 56.5 Å². The molecule has 3 aromatic rings. The normalized spacial score (nSPS) is 10.4. The van der Waals surface area contributed by atoms with Gasteiger partial charge in [0.05, 0.1) is 7.11 Å². The lowest BCUT2D eigenvalue weighted by Crippen LogP contribution is -2.17. The maximum absolute atomic E-state index is 12.5. The Hall–Kier alpha value is -2.85. The number of esters is 1. The smallest absolute Gasteiger partial charge is 0.345 e. The van der Waals surface area contributed by atoms with Gasteiger partial charge in [-0.05, 0) is 24.3 Å². The summed E-state index contributed by atoms with van der Waals surface area (Å²) in [6.07, 6.45) is 0. The van der Waals surface area contributed by atoms with E-state index in [1.165, 1.54) is 13.2 Å². The fourth-order valence-corrected chi connectivity index (χ4v) is 2.46. The van der Waals surface area contributed by atoms with Crippen LogP contribution in [0.1, 0.15) is 10.4 Å². The van der Waals surface area contributed by atoms with Gasteiger partial charge in [-0.25, -0.2) is 4.79 Å². The van der Waals surface area contributed by atoms with Crippen LogP contribution in [0.15, 0.2) is 69.9 Å². The maximum atomic E-state index is 12.5. The van der Waals surface area contributed by atoms with Crippen LogP contribution in [0.3, 0.4) is 0 Å². The highest BCUT2D eigenvalue weighted by Gasteiger charge is 2.21. The van der Waals surface area contributed by atoms with Gasteiger partial charge >= 0.3 is 5.97 Å². The number of carbonyl (C=O) groups is 1. The number of ether oxygens (including phenoxy) is 1. The molecule has 0 spiro atoms. The lowest BCUT2D eigenvalue weighted by molar-refractivity contribution is 0.0598. The predicted octanol–water partition coefficient (Wildman–Crippen LogP) is 4.41. The Labute approximate surface area is 143 Å². The highest BCUT2D eigenvalue weighted by atomic mass is 35.5. The summed E-state index contributed by atoms with van der Waals surface area (Å²) in [5.74, 6) is -0.201. The highest BCUT2D eigenvalue weighted by molar-refractivity contribution is 6.30. The molecule has 5 heteroatoms. The SMILES string of the molecule is COC(=O)c1c(-c2ccccc2)oc(-c2ccc(Cl)cc2)cc1=O. The van der Waals surface area contributed by atoms with Gasteiger partial charge in [0.15, 0.2) is 11.3 Å². The number of carbonyl (C=O) groups excluding carboxylic acids is 1. The zero-order valence-corrected chi connectivity index (χ0v) is 13.5. The predicted molar refractivity (Wildman–Crippen MR) is 92.2 cm³/mol. The van der Waals surface area contributed by atoms with Crippen LogP contribution in [0.5, 0.6) is 0 Å². The summed E-state index contributed by atoms with van der Waals surface area (Å²) in [5, 5.41) is 0.579. The Bertz CT molecular complexity index is 928. The Balaban J connectivity index is 2.25. The minimum Gasteiger partial charge on any atom is -0.465 e. The summed E-state index contributed by atoms with van der Waals surface area (Å²) in [4.78, 5) is 24.5. The molecule has 24 heavy (non-hydrogen) atoms. The summed E-state index contributed by atoms with van der Waals surface area (Å²) < 4.78 is 10.6. The summed E-state index contributed by atoms with van der Waals surface area (Å²) in [7, 11) is 1.23. The second-order valence-electron chi connectivity index (χ2n) is 5.04. The molecule has 0 saturated heterocycles. The van der Waals surface area contributed by atoms with Crippen LogP contribution in [-0.4, -0.2) is 13.1 Å². The van der Waals surface area contributed by atoms with E-state index in [1.54, 1.807) is 48.5 Å². The van der Waals surface area contributed by atoms with E-state index in [1.807, 2.05) is 6.07 Å². The van der Waals surface area contributed by atoms with Crippen LogP contribution in [-0.2, 0) is 4.74 Å². The Morgan fingerprint density at radius 2 is 1.67 bits per heavy atom. The molecule has 0 atom stereocenters. The Kier molecular flexibility index (Phi) is 4.49. The van der Waals surface area contributed by atoms with Crippen molar-refractivity contribution >= 4 is 17.6 Å². The van der Waals surface area contributed by atoms with Crippen LogP contribution < -0.4 is 5.43 Å². The second-order valence-corrected chi connectivity index (χ2v) is 5.48. The van der Waals surface area contributed by atoms with Crippen molar-refractivity contribution in [1.29, 1.82) is 0 Å². The monoisotopic (exact) mass is 340 g/mol. The molecular weight excluding hydrogens is 328 g/mol. The number of hydrogen-bond donors (Lipinski definition) is 0. The largest absolute Gasteiger partial charge is 0.465 e. The third kappa shape index (κ3) is 3.09. The van der Waals surface area contributed by atoms with Gasteiger partial charge in [-0.2, -0.15) is 0 Å². The van der Waals surface area contributed by atoms with E-state index in [0.29, 0.717) is 21.9 Å². The Morgan fingerprint density at radius 3 is 2.29 bits per heavy atom. The molecule has 0 aliphatic heterocycles. The van der Waals surface area contributed by atoms with Gasteiger partial charge in [-0.15, -0.1) is 0 Å². The first kappa shape index (κ1) is 16.0. The number of methoxy groups -OCH3 is 1. The minimum atomic E-state index is -0.731. The maximum Gasteiger partial charge on any atom is 0.345 e. The average molecular weight is 341 g/mol. The van der Waals surface area contributed by atoms with E-state index < -0.39 is 11.4 Å². The fourth-order valence-electron chi connectivity index (χ4n) is 2.34. The second kappa shape index (κ2) is 6.72. The summed E-state index contributed by atoms with van der Waals surface area (Å²) >= 11 is 5.89. The average Bonchev–Trinajstić information content (AvgIpc) is 2.62. The summed E-state index contributed by atoms with van der Waals surface area (Å²) in [5.41, 5.74) is 0.717. The van der Waals surface area contributed by atoms with Gasteiger partial charge in [0.2, 0.25) is 5.43 Å². The zero-order valence-electron chi connectivity index (χ0n) is 12.8. The van der Waals surface area contributed by atoms with Gasteiger partial charge < -0.3 is 9.15 Å². The van der Waals surface area contributed by atoms with Gasteiger partial charge in [-0.1, -0.05) is 41.9 Å². The highest BCUT2D eigenvalue weighted by Crippen LogP contribution is 2.28. The molecule has 0 unspecified atom stereocenters. The first-order valence-corrected chi connectivity index (χ1v) is 7.56. The molecule has 0 radical (unpaired) electrons. The van der Waals surface area contributed by atoms with Crippen molar-refractivity contribution in [1.82, 2.24) is 0 Å². The van der Waals surface area contributed by atoms with Crippen LogP contribution >= 0.6 is 11.6 Å². The summed E-state index contributed by atoms with van der Waals surface area (Å²) in [6.45, 7) is 0. The first-order valence-electron chi connectivity index (χ1n) is 7.18. The van der Waals surface area contributed by atoms with Gasteiger partial charge in [-0.3, -0.25) is 4.79 Å². The quantitative estimate of drug-likeness (QED) is 0.662. The number of rotatable bonds is 3. The van der Waals surface area contributed by atoms with Crippen molar-refractivity contribution in [3.05, 3.63) is 81.5 Å². The standard InChI is InChI=1S/C19H13ClO4/c1-23-19(22)17-15(21)11-16(12-7-9-14(20)10-8-12)24-18(17)13-5-3-2-4-6-13/h2-11H,1H3. The van der Waals surface area contributed by atoms with Gasteiger partial charge in [0.1, 0.15) is 5.76 Å². The van der Waals surface area contributed by atoms with E-state index in [2.05, 4.69) is 0 Å². The van der Waals surface area contributed by atoms with E-state index in [-0.39, 0.29) is 11.3 Å². The number of benzene rings is 2. The summed E-state index contributed by atoms with van der Waals surface area (Å²) in [6, 6.07) is 17.1. The molecule has 0 N–H and O–H groups in total. The van der Waals surface area contributed by atoms with Crippen LogP contribution in [0.4, 0.5) is 0 Å². The van der Waals surface area contributed by atoms with Gasteiger partial charge in [0.25, 0.3) is 0 Å². The molecule has 2 aromatic carbocycles. The van der Waals surface area contributed by atoms with Crippen molar-refractivity contribution in [3.8, 4) is 22.6 Å².